The van der Waals surface area contributed by atoms with Crippen LogP contribution in [0.2, 0.25) is 0 Å². The maximum atomic E-state index is 5.66. The quantitative estimate of drug-likeness (QED) is 0.868. The van der Waals surface area contributed by atoms with Crippen molar-refractivity contribution >= 4 is 5.95 Å². The lowest BCUT2D eigenvalue weighted by Gasteiger charge is -2.06. The van der Waals surface area contributed by atoms with E-state index >= 15 is 0 Å². The molecule has 0 fully saturated rings. The van der Waals surface area contributed by atoms with Crippen LogP contribution in [-0.2, 0) is 6.42 Å². The number of hydrogen-bond acceptors (Lipinski definition) is 5. The first-order chi connectivity index (χ1) is 8.76. The topological polar surface area (TPSA) is 70.3 Å². The third-order valence-corrected chi connectivity index (χ3v) is 2.91. The van der Waals surface area contributed by atoms with Gasteiger partial charge in [-0.1, -0.05) is 0 Å². The van der Waals surface area contributed by atoms with Crippen LogP contribution in [0.3, 0.4) is 0 Å². The number of aromatic nitrogens is 2. The smallest absolute Gasteiger partial charge is 0.223 e. The van der Waals surface area contributed by atoms with Crippen molar-refractivity contribution in [2.45, 2.75) is 6.42 Å². The molecule has 1 aromatic heterocycles. The number of fused-ring (bicyclic) bond motifs is 1. The van der Waals surface area contributed by atoms with Crippen molar-refractivity contribution in [2.75, 3.05) is 19.5 Å². The van der Waals surface area contributed by atoms with Crippen LogP contribution in [0.15, 0.2) is 24.3 Å². The molecule has 0 amide bonds. The normalized spacial score (nSPS) is 12.9. The van der Waals surface area contributed by atoms with E-state index in [2.05, 4.69) is 16.0 Å². The summed E-state index contributed by atoms with van der Waals surface area (Å²) < 4.78 is 10.6. The number of hydrogen-bond donors (Lipinski definition) is 1. The van der Waals surface area contributed by atoms with E-state index in [4.69, 9.17) is 15.2 Å². The van der Waals surface area contributed by atoms with Gasteiger partial charge >= 0.3 is 0 Å². The van der Waals surface area contributed by atoms with Crippen molar-refractivity contribution < 1.29 is 9.47 Å². The highest BCUT2D eigenvalue weighted by Crippen LogP contribution is 2.30. The Balaban J connectivity index is 2.06. The molecule has 0 aliphatic carbocycles. The van der Waals surface area contributed by atoms with Crippen molar-refractivity contribution in [3.63, 3.8) is 0 Å². The molecule has 5 heteroatoms. The molecule has 0 radical (unpaired) electrons. The van der Waals surface area contributed by atoms with E-state index in [-0.39, 0.29) is 5.95 Å². The number of nitrogens with zero attached hydrogens (tertiary/aromatic N) is 2. The Hall–Kier alpha value is -2.30. The van der Waals surface area contributed by atoms with Gasteiger partial charge in [0.25, 0.3) is 0 Å². The maximum Gasteiger partial charge on any atom is 0.223 e. The van der Waals surface area contributed by atoms with Gasteiger partial charge in [-0.3, -0.25) is 0 Å². The second-order valence-electron chi connectivity index (χ2n) is 4.07. The van der Waals surface area contributed by atoms with E-state index < -0.39 is 0 Å². The number of nitrogens with two attached hydrogens (primary N) is 1. The second kappa shape index (κ2) is 4.18. The van der Waals surface area contributed by atoms with Crippen molar-refractivity contribution in [1.29, 1.82) is 0 Å². The number of methoxy groups -OCH3 is 1. The summed E-state index contributed by atoms with van der Waals surface area (Å²) in [6, 6.07) is 7.77. The average Bonchev–Trinajstić information content (AvgIpc) is 2.85. The minimum Gasteiger partial charge on any atom is -0.493 e. The predicted octanol–water partition coefficient (Wildman–Crippen LogP) is 1.67. The van der Waals surface area contributed by atoms with E-state index in [0.29, 0.717) is 5.88 Å². The molecule has 1 aliphatic rings. The highest BCUT2D eigenvalue weighted by atomic mass is 16.5. The molecule has 0 spiro atoms. The van der Waals surface area contributed by atoms with E-state index in [0.717, 1.165) is 30.0 Å². The van der Waals surface area contributed by atoms with Gasteiger partial charge in [-0.15, -0.1) is 0 Å². The number of anilines is 1. The van der Waals surface area contributed by atoms with Crippen LogP contribution in [0.5, 0.6) is 11.6 Å². The van der Waals surface area contributed by atoms with E-state index in [1.807, 2.05) is 12.1 Å². The van der Waals surface area contributed by atoms with E-state index in [9.17, 15) is 0 Å². The number of ether oxygens (including phenoxy) is 2. The highest BCUT2D eigenvalue weighted by molar-refractivity contribution is 5.64. The van der Waals surface area contributed by atoms with Crippen LogP contribution in [0.25, 0.3) is 11.3 Å². The molecule has 2 aromatic rings. The minimum absolute atomic E-state index is 0.209. The molecule has 1 aliphatic heterocycles. The highest BCUT2D eigenvalue weighted by Gasteiger charge is 2.14. The van der Waals surface area contributed by atoms with Crippen molar-refractivity contribution in [3.05, 3.63) is 29.8 Å². The van der Waals surface area contributed by atoms with Gasteiger partial charge in [-0.2, -0.15) is 4.98 Å². The monoisotopic (exact) mass is 243 g/mol. The Labute approximate surface area is 105 Å². The molecule has 0 bridgehead atoms. The Morgan fingerprint density at radius 2 is 2.17 bits per heavy atom. The molecule has 2 heterocycles. The molecule has 0 unspecified atom stereocenters. The van der Waals surface area contributed by atoms with Crippen LogP contribution >= 0.6 is 0 Å². The molecule has 0 saturated heterocycles. The lowest BCUT2D eigenvalue weighted by atomic mass is 10.1. The van der Waals surface area contributed by atoms with Crippen LogP contribution < -0.4 is 15.2 Å². The summed E-state index contributed by atoms with van der Waals surface area (Å²) >= 11 is 0. The molecule has 2 N–H and O–H groups in total. The lowest BCUT2D eigenvalue weighted by Crippen LogP contribution is -1.99. The Morgan fingerprint density at radius 1 is 1.28 bits per heavy atom. The lowest BCUT2D eigenvalue weighted by molar-refractivity contribution is 0.357. The summed E-state index contributed by atoms with van der Waals surface area (Å²) in [5.41, 5.74) is 8.61. The Kier molecular flexibility index (Phi) is 2.51. The van der Waals surface area contributed by atoms with Crippen LogP contribution in [0, 0.1) is 0 Å². The SMILES string of the molecule is COc1cc(-c2ccc3c(c2)CCO3)nc(N)n1. The van der Waals surface area contributed by atoms with Gasteiger partial charge in [0, 0.05) is 18.1 Å². The summed E-state index contributed by atoms with van der Waals surface area (Å²) in [6.45, 7) is 0.744. The molecule has 0 saturated carbocycles. The Bertz CT molecular complexity index is 599. The zero-order chi connectivity index (χ0) is 12.5. The Morgan fingerprint density at radius 3 is 3.00 bits per heavy atom. The van der Waals surface area contributed by atoms with E-state index in [1.165, 1.54) is 5.56 Å². The predicted molar refractivity (Wildman–Crippen MR) is 67.6 cm³/mol. The van der Waals surface area contributed by atoms with Gasteiger partial charge < -0.3 is 15.2 Å². The standard InChI is InChI=1S/C13H13N3O2/c1-17-12-7-10(15-13(14)16-12)8-2-3-11-9(6-8)4-5-18-11/h2-3,6-7H,4-5H2,1H3,(H2,14,15,16). The van der Waals surface area contributed by atoms with Gasteiger partial charge in [0.05, 0.1) is 19.4 Å². The maximum absolute atomic E-state index is 5.66. The van der Waals surface area contributed by atoms with E-state index in [1.54, 1.807) is 13.2 Å². The third-order valence-electron chi connectivity index (χ3n) is 2.91. The first-order valence-corrected chi connectivity index (χ1v) is 5.71. The summed E-state index contributed by atoms with van der Waals surface area (Å²) in [5, 5.41) is 0. The molecule has 92 valence electrons. The summed E-state index contributed by atoms with van der Waals surface area (Å²) in [7, 11) is 1.56. The molecule has 5 nitrogen and oxygen atoms in total. The van der Waals surface area contributed by atoms with Gasteiger partial charge in [0.15, 0.2) is 0 Å². The molecule has 3 rings (SSSR count). The largest absolute Gasteiger partial charge is 0.493 e. The fraction of sp³-hybridized carbons (Fsp3) is 0.231. The minimum atomic E-state index is 0.209. The number of benzene rings is 1. The van der Waals surface area contributed by atoms with Gasteiger partial charge in [-0.25, -0.2) is 4.98 Å². The first-order valence-electron chi connectivity index (χ1n) is 5.71. The zero-order valence-electron chi connectivity index (χ0n) is 10.0. The molecular weight excluding hydrogens is 230 g/mol. The molecule has 1 aromatic carbocycles. The fourth-order valence-electron chi connectivity index (χ4n) is 2.04. The number of rotatable bonds is 2. The van der Waals surface area contributed by atoms with Crippen molar-refractivity contribution in [3.8, 4) is 22.9 Å². The van der Waals surface area contributed by atoms with Crippen molar-refractivity contribution in [2.24, 2.45) is 0 Å². The van der Waals surface area contributed by atoms with Crippen LogP contribution in [0.1, 0.15) is 5.56 Å². The molecular formula is C13H13N3O2. The molecule has 18 heavy (non-hydrogen) atoms. The summed E-state index contributed by atoms with van der Waals surface area (Å²) in [5.74, 6) is 1.63. The summed E-state index contributed by atoms with van der Waals surface area (Å²) in [6.07, 6.45) is 0.931. The molecule has 0 atom stereocenters. The first kappa shape index (κ1) is 10.8. The average molecular weight is 243 g/mol. The van der Waals surface area contributed by atoms with Crippen LogP contribution in [-0.4, -0.2) is 23.7 Å². The van der Waals surface area contributed by atoms with Crippen molar-refractivity contribution in [1.82, 2.24) is 9.97 Å². The van der Waals surface area contributed by atoms with Crippen LogP contribution in [0.4, 0.5) is 5.95 Å². The summed E-state index contributed by atoms with van der Waals surface area (Å²) in [4.78, 5) is 8.19. The zero-order valence-corrected chi connectivity index (χ0v) is 10.0. The van der Waals surface area contributed by atoms with Gasteiger partial charge in [-0.05, 0) is 23.8 Å². The second-order valence-corrected chi connectivity index (χ2v) is 4.07. The number of nitrogen functional groups attached to an aromatic ring is 1. The third kappa shape index (κ3) is 1.84. The van der Waals surface area contributed by atoms with Gasteiger partial charge in [0.1, 0.15) is 5.75 Å². The van der Waals surface area contributed by atoms with Gasteiger partial charge in [0.2, 0.25) is 11.8 Å². The fourth-order valence-corrected chi connectivity index (χ4v) is 2.04.